The highest BCUT2D eigenvalue weighted by atomic mass is 32.2. The van der Waals surface area contributed by atoms with Crippen molar-refractivity contribution in [3.8, 4) is 0 Å². The van der Waals surface area contributed by atoms with Gasteiger partial charge in [-0.05, 0) is 32.0 Å². The molecule has 1 aliphatic heterocycles. The molecule has 1 N–H and O–H groups in total. The van der Waals surface area contributed by atoms with Gasteiger partial charge in [-0.1, -0.05) is 6.07 Å². The Labute approximate surface area is 136 Å². The predicted molar refractivity (Wildman–Crippen MR) is 85.4 cm³/mol. The van der Waals surface area contributed by atoms with E-state index in [1.54, 1.807) is 35.8 Å². The van der Waals surface area contributed by atoms with Gasteiger partial charge in [0.15, 0.2) is 0 Å². The molecule has 1 fully saturated rings. The SMILES string of the molecule is CC(C)NS(=O)(=O)c1cccc(C(=O)N2CCN(C=O)CC2)c1. The number of rotatable bonds is 5. The van der Waals surface area contributed by atoms with Gasteiger partial charge in [-0.25, -0.2) is 13.1 Å². The van der Waals surface area contributed by atoms with Gasteiger partial charge in [0.05, 0.1) is 4.90 Å². The first-order chi connectivity index (χ1) is 10.8. The van der Waals surface area contributed by atoms with E-state index < -0.39 is 10.0 Å². The van der Waals surface area contributed by atoms with E-state index in [1.165, 1.54) is 12.1 Å². The van der Waals surface area contributed by atoms with E-state index in [-0.39, 0.29) is 16.8 Å². The lowest BCUT2D eigenvalue weighted by Gasteiger charge is -2.32. The van der Waals surface area contributed by atoms with Crippen molar-refractivity contribution < 1.29 is 18.0 Å². The fourth-order valence-electron chi connectivity index (χ4n) is 2.39. The second-order valence-electron chi connectivity index (χ2n) is 5.74. The normalized spacial score (nSPS) is 15.8. The average Bonchev–Trinajstić information content (AvgIpc) is 2.53. The number of benzene rings is 1. The third kappa shape index (κ3) is 4.29. The Bertz CT molecular complexity index is 680. The molecule has 0 aliphatic carbocycles. The summed E-state index contributed by atoms with van der Waals surface area (Å²) in [4.78, 5) is 26.5. The number of nitrogens with zero attached hydrogens (tertiary/aromatic N) is 2. The minimum atomic E-state index is -3.63. The number of piperazine rings is 1. The van der Waals surface area contributed by atoms with Gasteiger partial charge in [0, 0.05) is 37.8 Å². The summed E-state index contributed by atoms with van der Waals surface area (Å²) in [6.45, 7) is 5.33. The van der Waals surface area contributed by atoms with E-state index in [0.29, 0.717) is 31.7 Å². The predicted octanol–water partition coefficient (Wildman–Crippen LogP) is 0.288. The Hall–Kier alpha value is -1.93. The summed E-state index contributed by atoms with van der Waals surface area (Å²) in [6, 6.07) is 5.79. The fourth-order valence-corrected chi connectivity index (χ4v) is 3.68. The van der Waals surface area contributed by atoms with Crippen LogP contribution in [0.15, 0.2) is 29.2 Å². The van der Waals surface area contributed by atoms with Crippen LogP contribution in [0.1, 0.15) is 24.2 Å². The van der Waals surface area contributed by atoms with E-state index in [4.69, 9.17) is 0 Å². The Morgan fingerprint density at radius 1 is 1.22 bits per heavy atom. The van der Waals surface area contributed by atoms with Gasteiger partial charge in [0.25, 0.3) is 5.91 Å². The summed E-state index contributed by atoms with van der Waals surface area (Å²) in [5, 5.41) is 0. The monoisotopic (exact) mass is 339 g/mol. The molecular weight excluding hydrogens is 318 g/mol. The zero-order valence-electron chi connectivity index (χ0n) is 13.2. The van der Waals surface area contributed by atoms with Crippen LogP contribution in [0.2, 0.25) is 0 Å². The molecule has 1 heterocycles. The van der Waals surface area contributed by atoms with Crippen molar-refractivity contribution in [3.05, 3.63) is 29.8 Å². The number of carbonyl (C=O) groups excluding carboxylic acids is 2. The second-order valence-corrected chi connectivity index (χ2v) is 7.45. The first kappa shape index (κ1) is 17.4. The molecule has 1 aliphatic rings. The topological polar surface area (TPSA) is 86.8 Å². The highest BCUT2D eigenvalue weighted by Crippen LogP contribution is 2.15. The van der Waals surface area contributed by atoms with Crippen molar-refractivity contribution in [1.29, 1.82) is 0 Å². The molecule has 0 saturated carbocycles. The van der Waals surface area contributed by atoms with Crippen LogP contribution in [0.3, 0.4) is 0 Å². The maximum Gasteiger partial charge on any atom is 0.254 e. The first-order valence-electron chi connectivity index (χ1n) is 7.44. The zero-order valence-corrected chi connectivity index (χ0v) is 14.0. The average molecular weight is 339 g/mol. The smallest absolute Gasteiger partial charge is 0.254 e. The molecule has 0 bridgehead atoms. The number of nitrogens with one attached hydrogen (secondary N) is 1. The van der Waals surface area contributed by atoms with Gasteiger partial charge >= 0.3 is 0 Å². The van der Waals surface area contributed by atoms with E-state index in [2.05, 4.69) is 4.72 Å². The molecule has 1 aromatic carbocycles. The van der Waals surface area contributed by atoms with Crippen LogP contribution in [0, 0.1) is 0 Å². The summed E-state index contributed by atoms with van der Waals surface area (Å²) < 4.78 is 26.9. The molecule has 2 amide bonds. The van der Waals surface area contributed by atoms with Crippen molar-refractivity contribution in [2.24, 2.45) is 0 Å². The fraction of sp³-hybridized carbons (Fsp3) is 0.467. The van der Waals surface area contributed by atoms with Gasteiger partial charge in [-0.2, -0.15) is 0 Å². The van der Waals surface area contributed by atoms with Crippen LogP contribution >= 0.6 is 0 Å². The molecule has 0 unspecified atom stereocenters. The van der Waals surface area contributed by atoms with Crippen LogP contribution < -0.4 is 4.72 Å². The Kier molecular flexibility index (Phi) is 5.38. The highest BCUT2D eigenvalue weighted by Gasteiger charge is 2.23. The minimum absolute atomic E-state index is 0.0728. The second kappa shape index (κ2) is 7.10. The maximum absolute atomic E-state index is 12.5. The van der Waals surface area contributed by atoms with Crippen LogP contribution in [-0.2, 0) is 14.8 Å². The number of carbonyl (C=O) groups is 2. The van der Waals surface area contributed by atoms with Gasteiger partial charge in [-0.15, -0.1) is 0 Å². The van der Waals surface area contributed by atoms with E-state index in [0.717, 1.165) is 6.41 Å². The van der Waals surface area contributed by atoms with Crippen molar-refractivity contribution in [1.82, 2.24) is 14.5 Å². The van der Waals surface area contributed by atoms with Gasteiger partial charge in [0.1, 0.15) is 0 Å². The third-order valence-electron chi connectivity index (χ3n) is 3.53. The largest absolute Gasteiger partial charge is 0.342 e. The lowest BCUT2D eigenvalue weighted by atomic mass is 10.2. The van der Waals surface area contributed by atoms with E-state index >= 15 is 0 Å². The summed E-state index contributed by atoms with van der Waals surface area (Å²) >= 11 is 0. The van der Waals surface area contributed by atoms with Crippen LogP contribution in [-0.4, -0.2) is 62.8 Å². The number of hydrogen-bond acceptors (Lipinski definition) is 4. The Morgan fingerprint density at radius 3 is 2.43 bits per heavy atom. The summed E-state index contributed by atoms with van der Waals surface area (Å²) in [5.41, 5.74) is 0.330. The highest BCUT2D eigenvalue weighted by molar-refractivity contribution is 7.89. The van der Waals surface area contributed by atoms with Gasteiger partial charge in [-0.3, -0.25) is 9.59 Å². The molecule has 7 nitrogen and oxygen atoms in total. The first-order valence-corrected chi connectivity index (χ1v) is 8.93. The molecule has 0 radical (unpaired) electrons. The molecule has 1 saturated heterocycles. The van der Waals surface area contributed by atoms with Gasteiger partial charge in [0.2, 0.25) is 16.4 Å². The lowest BCUT2D eigenvalue weighted by Crippen LogP contribution is -2.48. The van der Waals surface area contributed by atoms with Crippen LogP contribution in [0.5, 0.6) is 0 Å². The summed E-state index contributed by atoms with van der Waals surface area (Å²) in [6.07, 6.45) is 0.770. The maximum atomic E-state index is 12.5. The lowest BCUT2D eigenvalue weighted by molar-refractivity contribution is -0.119. The number of hydrogen-bond donors (Lipinski definition) is 1. The van der Waals surface area contributed by atoms with Crippen LogP contribution in [0.25, 0.3) is 0 Å². The minimum Gasteiger partial charge on any atom is -0.342 e. The molecule has 8 heteroatoms. The molecule has 0 aromatic heterocycles. The Morgan fingerprint density at radius 2 is 1.87 bits per heavy atom. The Balaban J connectivity index is 2.16. The third-order valence-corrected chi connectivity index (χ3v) is 5.19. The van der Waals surface area contributed by atoms with Crippen molar-refractivity contribution in [2.75, 3.05) is 26.2 Å². The molecule has 0 spiro atoms. The van der Waals surface area contributed by atoms with E-state index in [1.807, 2.05) is 0 Å². The molecule has 0 atom stereocenters. The molecule has 23 heavy (non-hydrogen) atoms. The van der Waals surface area contributed by atoms with Crippen molar-refractivity contribution in [3.63, 3.8) is 0 Å². The molecule has 2 rings (SSSR count). The van der Waals surface area contributed by atoms with Crippen molar-refractivity contribution in [2.45, 2.75) is 24.8 Å². The molecule has 126 valence electrons. The zero-order chi connectivity index (χ0) is 17.0. The quantitative estimate of drug-likeness (QED) is 0.781. The molecular formula is C15H21N3O4S. The molecule has 1 aromatic rings. The summed E-state index contributed by atoms with van der Waals surface area (Å²) in [5.74, 6) is -0.225. The van der Waals surface area contributed by atoms with E-state index in [9.17, 15) is 18.0 Å². The number of sulfonamides is 1. The van der Waals surface area contributed by atoms with Crippen molar-refractivity contribution >= 4 is 22.3 Å². The van der Waals surface area contributed by atoms with Crippen LogP contribution in [0.4, 0.5) is 0 Å². The van der Waals surface area contributed by atoms with Gasteiger partial charge < -0.3 is 9.80 Å². The standard InChI is InChI=1S/C15H21N3O4S/c1-12(2)16-23(21,22)14-5-3-4-13(10-14)15(20)18-8-6-17(11-19)7-9-18/h3-5,10-12,16H,6-9H2,1-2H3. The number of amides is 2. The summed E-state index contributed by atoms with van der Waals surface area (Å²) in [7, 11) is -3.63.